The Morgan fingerprint density at radius 1 is 1.22 bits per heavy atom. The van der Waals surface area contributed by atoms with E-state index < -0.39 is 12.1 Å². The number of aliphatic hydroxyl groups excluding tert-OH is 1. The Balaban J connectivity index is 1.96. The van der Waals surface area contributed by atoms with E-state index >= 15 is 0 Å². The summed E-state index contributed by atoms with van der Waals surface area (Å²) in [5, 5.41) is 15.5. The second-order valence-electron chi connectivity index (χ2n) is 4.69. The summed E-state index contributed by atoms with van der Waals surface area (Å²) in [5.74, 6) is 1.12. The summed E-state index contributed by atoms with van der Waals surface area (Å²) < 4.78 is 10.4. The number of aliphatic hydroxyl groups is 1. The molecule has 2 rings (SSSR count). The number of amides is 2. The van der Waals surface area contributed by atoms with Crippen LogP contribution in [0.25, 0.3) is 0 Å². The van der Waals surface area contributed by atoms with Gasteiger partial charge in [-0.25, -0.2) is 4.79 Å². The molecule has 0 saturated heterocycles. The fourth-order valence-electron chi connectivity index (χ4n) is 2.01. The third-order valence-corrected chi connectivity index (χ3v) is 3.19. The van der Waals surface area contributed by atoms with E-state index in [1.165, 1.54) is 7.11 Å². The van der Waals surface area contributed by atoms with Gasteiger partial charge in [-0.2, -0.15) is 0 Å². The molecule has 23 heavy (non-hydrogen) atoms. The van der Waals surface area contributed by atoms with Gasteiger partial charge in [0, 0.05) is 30.2 Å². The van der Waals surface area contributed by atoms with Crippen molar-refractivity contribution in [3.05, 3.63) is 48.3 Å². The molecule has 0 fully saturated rings. The van der Waals surface area contributed by atoms with Crippen molar-refractivity contribution in [2.24, 2.45) is 0 Å². The second-order valence-corrected chi connectivity index (χ2v) is 4.69. The first kappa shape index (κ1) is 16.6. The van der Waals surface area contributed by atoms with Crippen molar-refractivity contribution < 1.29 is 19.4 Å². The Labute approximate surface area is 134 Å². The number of anilines is 1. The maximum atomic E-state index is 11.8. The predicted molar refractivity (Wildman–Crippen MR) is 85.8 cm³/mol. The number of carbonyl (C=O) groups is 1. The number of urea groups is 1. The van der Waals surface area contributed by atoms with Crippen LogP contribution >= 0.6 is 0 Å². The van der Waals surface area contributed by atoms with Gasteiger partial charge in [0.15, 0.2) is 0 Å². The van der Waals surface area contributed by atoms with Gasteiger partial charge in [-0.1, -0.05) is 0 Å². The summed E-state index contributed by atoms with van der Waals surface area (Å²) in [7, 11) is 3.06. The lowest BCUT2D eigenvalue weighted by atomic mass is 10.1. The number of nitrogens with zero attached hydrogens (tertiary/aromatic N) is 1. The zero-order chi connectivity index (χ0) is 16.7. The normalized spacial score (nSPS) is 11.4. The van der Waals surface area contributed by atoms with Gasteiger partial charge in [-0.3, -0.25) is 4.98 Å². The molecule has 0 unspecified atom stereocenters. The Morgan fingerprint density at radius 3 is 2.61 bits per heavy atom. The van der Waals surface area contributed by atoms with Crippen molar-refractivity contribution in [3.8, 4) is 11.5 Å². The first-order chi connectivity index (χ1) is 11.1. The number of benzene rings is 1. The van der Waals surface area contributed by atoms with Crippen LogP contribution in [0.15, 0.2) is 42.7 Å². The Morgan fingerprint density at radius 2 is 1.96 bits per heavy atom. The molecule has 1 aromatic carbocycles. The van der Waals surface area contributed by atoms with Gasteiger partial charge in [0.25, 0.3) is 0 Å². The van der Waals surface area contributed by atoms with Crippen LogP contribution in [0.4, 0.5) is 10.5 Å². The van der Waals surface area contributed by atoms with E-state index in [9.17, 15) is 9.90 Å². The average molecular weight is 317 g/mol. The number of ether oxygens (including phenoxy) is 2. The lowest BCUT2D eigenvalue weighted by Gasteiger charge is -2.16. The summed E-state index contributed by atoms with van der Waals surface area (Å²) in [6.45, 7) is 0.0282. The molecule has 2 amide bonds. The highest BCUT2D eigenvalue weighted by atomic mass is 16.5. The first-order valence-electron chi connectivity index (χ1n) is 6.99. The molecule has 0 bridgehead atoms. The van der Waals surface area contributed by atoms with Crippen LogP contribution in [0.3, 0.4) is 0 Å². The standard InChI is InChI=1S/C16H19N3O4/c1-22-12-3-4-15(23-2)13(9-12)14(20)10-18-16(21)19-11-5-7-17-8-6-11/h3-9,14,20H,10H2,1-2H3,(H2,17,18,19,21)/t14-/m0/s1. The van der Waals surface area contributed by atoms with Gasteiger partial charge >= 0.3 is 6.03 Å². The highest BCUT2D eigenvalue weighted by Crippen LogP contribution is 2.29. The molecule has 7 heteroatoms. The summed E-state index contributed by atoms with van der Waals surface area (Å²) in [6.07, 6.45) is 2.22. The van der Waals surface area contributed by atoms with Crippen LogP contribution in [0.2, 0.25) is 0 Å². The molecule has 122 valence electrons. The Hall–Kier alpha value is -2.80. The lowest BCUT2D eigenvalue weighted by molar-refractivity contribution is 0.170. The smallest absolute Gasteiger partial charge is 0.319 e. The minimum Gasteiger partial charge on any atom is -0.497 e. The number of rotatable bonds is 6. The average Bonchev–Trinajstić information content (AvgIpc) is 2.60. The number of carbonyl (C=O) groups excluding carboxylic acids is 1. The van der Waals surface area contributed by atoms with Gasteiger partial charge in [-0.15, -0.1) is 0 Å². The molecule has 0 saturated carbocycles. The number of hydrogen-bond acceptors (Lipinski definition) is 5. The third-order valence-electron chi connectivity index (χ3n) is 3.19. The molecule has 1 aromatic heterocycles. The fourth-order valence-corrected chi connectivity index (χ4v) is 2.01. The van der Waals surface area contributed by atoms with Gasteiger partial charge in [-0.05, 0) is 30.3 Å². The molecule has 2 aromatic rings. The van der Waals surface area contributed by atoms with E-state index in [4.69, 9.17) is 9.47 Å². The van der Waals surface area contributed by atoms with E-state index in [0.717, 1.165) is 0 Å². The zero-order valence-corrected chi connectivity index (χ0v) is 12.9. The van der Waals surface area contributed by atoms with E-state index in [1.807, 2.05) is 0 Å². The predicted octanol–water partition coefficient (Wildman–Crippen LogP) is 1.95. The monoisotopic (exact) mass is 317 g/mol. The summed E-state index contributed by atoms with van der Waals surface area (Å²) >= 11 is 0. The third kappa shape index (κ3) is 4.58. The fraction of sp³-hybridized carbons (Fsp3) is 0.250. The van der Waals surface area contributed by atoms with E-state index in [2.05, 4.69) is 15.6 Å². The molecular formula is C16H19N3O4. The van der Waals surface area contributed by atoms with Crippen molar-refractivity contribution in [3.63, 3.8) is 0 Å². The SMILES string of the molecule is COc1ccc(OC)c([C@@H](O)CNC(=O)Nc2ccncc2)c1. The maximum Gasteiger partial charge on any atom is 0.319 e. The molecule has 1 heterocycles. The number of methoxy groups -OCH3 is 2. The molecule has 1 atom stereocenters. The number of pyridine rings is 1. The van der Waals surface area contributed by atoms with E-state index in [0.29, 0.717) is 22.7 Å². The lowest BCUT2D eigenvalue weighted by Crippen LogP contribution is -2.32. The van der Waals surface area contributed by atoms with Crippen molar-refractivity contribution in [1.82, 2.24) is 10.3 Å². The van der Waals surface area contributed by atoms with Crippen molar-refractivity contribution in [2.75, 3.05) is 26.1 Å². The van der Waals surface area contributed by atoms with Gasteiger partial charge < -0.3 is 25.2 Å². The zero-order valence-electron chi connectivity index (χ0n) is 12.9. The Bertz CT molecular complexity index is 649. The van der Waals surface area contributed by atoms with Crippen molar-refractivity contribution in [1.29, 1.82) is 0 Å². The second kappa shape index (κ2) is 8.00. The quantitative estimate of drug-likeness (QED) is 0.757. The summed E-state index contributed by atoms with van der Waals surface area (Å²) in [5.41, 5.74) is 1.15. The van der Waals surface area contributed by atoms with Crippen LogP contribution in [0, 0.1) is 0 Å². The van der Waals surface area contributed by atoms with E-state index in [-0.39, 0.29) is 6.54 Å². The summed E-state index contributed by atoms with van der Waals surface area (Å²) in [4.78, 5) is 15.7. The van der Waals surface area contributed by atoms with Gasteiger partial charge in [0.1, 0.15) is 17.6 Å². The number of aromatic nitrogens is 1. The molecule has 3 N–H and O–H groups in total. The molecule has 7 nitrogen and oxygen atoms in total. The van der Waals surface area contributed by atoms with Crippen LogP contribution in [-0.2, 0) is 0 Å². The van der Waals surface area contributed by atoms with Gasteiger partial charge in [0.2, 0.25) is 0 Å². The maximum absolute atomic E-state index is 11.8. The van der Waals surface area contributed by atoms with Crippen LogP contribution in [0.1, 0.15) is 11.7 Å². The topological polar surface area (TPSA) is 92.7 Å². The van der Waals surface area contributed by atoms with E-state index in [1.54, 1.807) is 49.8 Å². The number of nitrogens with one attached hydrogen (secondary N) is 2. The molecule has 0 aliphatic carbocycles. The first-order valence-corrected chi connectivity index (χ1v) is 6.99. The molecule has 0 spiro atoms. The number of hydrogen-bond donors (Lipinski definition) is 3. The molecule has 0 aliphatic heterocycles. The van der Waals surface area contributed by atoms with Crippen LogP contribution < -0.4 is 20.1 Å². The molecule has 0 radical (unpaired) electrons. The van der Waals surface area contributed by atoms with Crippen LogP contribution in [0.5, 0.6) is 11.5 Å². The Kier molecular flexibility index (Phi) is 5.76. The minimum absolute atomic E-state index is 0.0282. The largest absolute Gasteiger partial charge is 0.497 e. The highest BCUT2D eigenvalue weighted by Gasteiger charge is 2.15. The molecular weight excluding hydrogens is 298 g/mol. The summed E-state index contributed by atoms with van der Waals surface area (Å²) in [6, 6.07) is 8.03. The van der Waals surface area contributed by atoms with Gasteiger partial charge in [0.05, 0.1) is 14.2 Å². The van der Waals surface area contributed by atoms with Crippen LogP contribution in [-0.4, -0.2) is 36.9 Å². The van der Waals surface area contributed by atoms with Crippen molar-refractivity contribution in [2.45, 2.75) is 6.10 Å². The van der Waals surface area contributed by atoms with Crippen molar-refractivity contribution >= 4 is 11.7 Å². The molecule has 0 aliphatic rings. The minimum atomic E-state index is -0.928. The highest BCUT2D eigenvalue weighted by molar-refractivity contribution is 5.89.